The van der Waals surface area contributed by atoms with E-state index in [0.29, 0.717) is 0 Å². The van der Waals surface area contributed by atoms with Crippen LogP contribution in [0.3, 0.4) is 0 Å². The van der Waals surface area contributed by atoms with Crippen LogP contribution in [0, 0.1) is 5.82 Å². The summed E-state index contributed by atoms with van der Waals surface area (Å²) in [4.78, 5) is 24.5. The molecule has 23 heavy (non-hydrogen) atoms. The summed E-state index contributed by atoms with van der Waals surface area (Å²) in [5.74, 6) is -0.660. The first-order valence-electron chi connectivity index (χ1n) is 7.31. The number of carbonyl (C=O) groups excluding carboxylic acids is 2. The molecule has 2 rings (SSSR count). The van der Waals surface area contributed by atoms with E-state index in [1.165, 1.54) is 30.4 Å². The fraction of sp³-hybridized carbons (Fsp3) is 0.294. The third-order valence-electron chi connectivity index (χ3n) is 3.40. The van der Waals surface area contributed by atoms with Crippen molar-refractivity contribution in [3.8, 4) is 0 Å². The Hall–Kier alpha value is -2.21. The molecule has 0 spiro atoms. The van der Waals surface area contributed by atoms with Crippen LogP contribution in [0.5, 0.6) is 0 Å². The smallest absolute Gasteiger partial charge is 0.222 e. The molecule has 2 amide bonds. The van der Waals surface area contributed by atoms with Crippen molar-refractivity contribution in [3.05, 3.63) is 58.0 Å². The Labute approximate surface area is 138 Å². The SMILES string of the molecule is CC(=O)N[C@H](CC(=O)N[C@@H](C)c1ccc(F)cc1)c1cccs1. The average Bonchev–Trinajstić information content (AvgIpc) is 3.00. The molecule has 4 nitrogen and oxygen atoms in total. The van der Waals surface area contributed by atoms with Crippen LogP contribution in [-0.4, -0.2) is 11.8 Å². The van der Waals surface area contributed by atoms with E-state index >= 15 is 0 Å². The van der Waals surface area contributed by atoms with Crippen molar-refractivity contribution in [3.63, 3.8) is 0 Å². The number of benzene rings is 1. The number of carbonyl (C=O) groups is 2. The number of amides is 2. The van der Waals surface area contributed by atoms with Crippen molar-refractivity contribution in [2.45, 2.75) is 32.4 Å². The summed E-state index contributed by atoms with van der Waals surface area (Å²) in [6.07, 6.45) is 0.158. The summed E-state index contributed by atoms with van der Waals surface area (Å²) < 4.78 is 12.9. The number of hydrogen-bond donors (Lipinski definition) is 2. The van der Waals surface area contributed by atoms with Crippen molar-refractivity contribution in [2.24, 2.45) is 0 Å². The lowest BCUT2D eigenvalue weighted by atomic mass is 10.1. The van der Waals surface area contributed by atoms with E-state index < -0.39 is 0 Å². The molecule has 1 aromatic heterocycles. The third kappa shape index (κ3) is 5.17. The van der Waals surface area contributed by atoms with Crippen LogP contribution in [0.1, 0.15) is 42.8 Å². The van der Waals surface area contributed by atoms with Gasteiger partial charge in [0.2, 0.25) is 11.8 Å². The van der Waals surface area contributed by atoms with Gasteiger partial charge in [0, 0.05) is 11.8 Å². The molecule has 1 aromatic carbocycles. The van der Waals surface area contributed by atoms with Gasteiger partial charge in [-0.05, 0) is 36.1 Å². The molecule has 1 heterocycles. The molecule has 0 saturated heterocycles. The molecular weight excluding hydrogens is 315 g/mol. The van der Waals surface area contributed by atoms with Gasteiger partial charge in [0.25, 0.3) is 0 Å². The Morgan fingerprint density at radius 1 is 1.17 bits per heavy atom. The summed E-state index contributed by atoms with van der Waals surface area (Å²) in [7, 11) is 0. The lowest BCUT2D eigenvalue weighted by molar-refractivity contribution is -0.123. The molecule has 0 aliphatic heterocycles. The summed E-state index contributed by atoms with van der Waals surface area (Å²) >= 11 is 1.50. The Morgan fingerprint density at radius 2 is 1.87 bits per heavy atom. The van der Waals surface area contributed by atoms with Gasteiger partial charge >= 0.3 is 0 Å². The molecule has 0 fully saturated rings. The predicted octanol–water partition coefficient (Wildman–Crippen LogP) is 3.33. The second-order valence-corrected chi connectivity index (χ2v) is 6.29. The zero-order valence-electron chi connectivity index (χ0n) is 13.0. The van der Waals surface area contributed by atoms with E-state index in [4.69, 9.17) is 0 Å². The van der Waals surface area contributed by atoms with Gasteiger partial charge in [0.1, 0.15) is 5.82 Å². The normalized spacial score (nSPS) is 13.2. The topological polar surface area (TPSA) is 58.2 Å². The second kappa shape index (κ2) is 7.87. The number of rotatable bonds is 6. The van der Waals surface area contributed by atoms with E-state index in [1.54, 1.807) is 12.1 Å². The van der Waals surface area contributed by atoms with E-state index in [2.05, 4.69) is 10.6 Å². The largest absolute Gasteiger partial charge is 0.350 e. The Kier molecular flexibility index (Phi) is 5.87. The molecule has 122 valence electrons. The number of nitrogens with one attached hydrogen (secondary N) is 2. The molecular formula is C17H19FN2O2S. The summed E-state index contributed by atoms with van der Waals surface area (Å²) in [5.41, 5.74) is 0.826. The molecule has 2 N–H and O–H groups in total. The molecule has 0 bridgehead atoms. The summed E-state index contributed by atoms with van der Waals surface area (Å²) in [6, 6.07) is 9.22. The van der Waals surface area contributed by atoms with Crippen LogP contribution in [0.4, 0.5) is 4.39 Å². The average molecular weight is 334 g/mol. The molecule has 2 aromatic rings. The number of halogens is 1. The Balaban J connectivity index is 1.98. The van der Waals surface area contributed by atoms with Crippen molar-refractivity contribution in [2.75, 3.05) is 0 Å². The summed E-state index contributed by atoms with van der Waals surface area (Å²) in [5, 5.41) is 7.57. The molecule has 0 radical (unpaired) electrons. The second-order valence-electron chi connectivity index (χ2n) is 5.31. The third-order valence-corrected chi connectivity index (χ3v) is 4.39. The highest BCUT2D eigenvalue weighted by atomic mass is 32.1. The quantitative estimate of drug-likeness (QED) is 0.851. The summed E-state index contributed by atoms with van der Waals surface area (Å²) in [6.45, 7) is 3.27. The van der Waals surface area contributed by atoms with E-state index in [0.717, 1.165) is 10.4 Å². The van der Waals surface area contributed by atoms with Gasteiger partial charge in [-0.3, -0.25) is 9.59 Å². The molecule has 0 saturated carbocycles. The minimum atomic E-state index is -0.340. The number of hydrogen-bond acceptors (Lipinski definition) is 3. The fourth-order valence-electron chi connectivity index (χ4n) is 2.28. The predicted molar refractivity (Wildman–Crippen MR) is 88.5 cm³/mol. The fourth-order valence-corrected chi connectivity index (χ4v) is 3.06. The first-order valence-corrected chi connectivity index (χ1v) is 8.19. The zero-order chi connectivity index (χ0) is 16.8. The van der Waals surface area contributed by atoms with Gasteiger partial charge in [0.15, 0.2) is 0 Å². The van der Waals surface area contributed by atoms with Crippen LogP contribution in [0.2, 0.25) is 0 Å². The maximum atomic E-state index is 12.9. The van der Waals surface area contributed by atoms with Gasteiger partial charge in [-0.25, -0.2) is 4.39 Å². The molecule has 2 atom stereocenters. The maximum Gasteiger partial charge on any atom is 0.222 e. The minimum Gasteiger partial charge on any atom is -0.350 e. The van der Waals surface area contributed by atoms with Crippen LogP contribution in [0.25, 0.3) is 0 Å². The monoisotopic (exact) mass is 334 g/mol. The van der Waals surface area contributed by atoms with E-state index in [-0.39, 0.29) is 36.1 Å². The lowest BCUT2D eigenvalue weighted by Crippen LogP contribution is -2.33. The van der Waals surface area contributed by atoms with Gasteiger partial charge in [-0.2, -0.15) is 0 Å². The van der Waals surface area contributed by atoms with Crippen molar-refractivity contribution in [1.82, 2.24) is 10.6 Å². The molecule has 0 aliphatic rings. The highest BCUT2D eigenvalue weighted by Crippen LogP contribution is 2.22. The Morgan fingerprint density at radius 3 is 2.43 bits per heavy atom. The first-order chi connectivity index (χ1) is 11.0. The molecule has 6 heteroatoms. The van der Waals surface area contributed by atoms with Crippen LogP contribution in [-0.2, 0) is 9.59 Å². The zero-order valence-corrected chi connectivity index (χ0v) is 13.8. The Bertz CT molecular complexity index is 656. The van der Waals surface area contributed by atoms with Crippen LogP contribution < -0.4 is 10.6 Å². The van der Waals surface area contributed by atoms with Crippen LogP contribution in [0.15, 0.2) is 41.8 Å². The molecule has 0 aliphatic carbocycles. The van der Waals surface area contributed by atoms with Gasteiger partial charge < -0.3 is 10.6 Å². The highest BCUT2D eigenvalue weighted by molar-refractivity contribution is 7.10. The van der Waals surface area contributed by atoms with Crippen LogP contribution >= 0.6 is 11.3 Å². The van der Waals surface area contributed by atoms with E-state index in [1.807, 2.05) is 24.4 Å². The van der Waals surface area contributed by atoms with Gasteiger partial charge in [-0.1, -0.05) is 18.2 Å². The van der Waals surface area contributed by atoms with Crippen molar-refractivity contribution >= 4 is 23.2 Å². The van der Waals surface area contributed by atoms with Crippen molar-refractivity contribution < 1.29 is 14.0 Å². The number of thiophene rings is 1. The van der Waals surface area contributed by atoms with Gasteiger partial charge in [0.05, 0.1) is 18.5 Å². The standard InChI is InChI=1S/C17H19FN2O2S/c1-11(13-5-7-14(18)8-6-13)19-17(22)10-15(20-12(2)21)16-4-3-9-23-16/h3-9,11,15H,10H2,1-2H3,(H,19,22)(H,20,21)/t11-,15+/m0/s1. The lowest BCUT2D eigenvalue weighted by Gasteiger charge is -2.19. The minimum absolute atomic E-state index is 0.158. The first kappa shape index (κ1) is 17.1. The van der Waals surface area contributed by atoms with E-state index in [9.17, 15) is 14.0 Å². The maximum absolute atomic E-state index is 12.9. The molecule has 0 unspecified atom stereocenters. The highest BCUT2D eigenvalue weighted by Gasteiger charge is 2.19. The van der Waals surface area contributed by atoms with Crippen molar-refractivity contribution in [1.29, 1.82) is 0 Å². The van der Waals surface area contributed by atoms with Gasteiger partial charge in [-0.15, -0.1) is 11.3 Å².